The van der Waals surface area contributed by atoms with Crippen molar-refractivity contribution in [1.82, 2.24) is 4.98 Å². The zero-order valence-electron chi connectivity index (χ0n) is 7.80. The van der Waals surface area contributed by atoms with Gasteiger partial charge in [0, 0.05) is 16.9 Å². The van der Waals surface area contributed by atoms with Gasteiger partial charge in [-0.15, -0.1) is 0 Å². The first-order valence-corrected chi connectivity index (χ1v) is 8.49. The molecule has 1 aromatic rings. The van der Waals surface area contributed by atoms with Gasteiger partial charge in [0.05, 0.1) is 16.5 Å². The van der Waals surface area contributed by atoms with Crippen LogP contribution in [-0.4, -0.2) is 33.3 Å². The number of nitrogens with zero attached hydrogens (tertiary/aromatic N) is 1. The molecule has 0 atom stereocenters. The lowest BCUT2D eigenvalue weighted by atomic mass is 10.5. The minimum Gasteiger partial charge on any atom is -0.243 e. The predicted octanol–water partition coefficient (Wildman–Crippen LogP) is 1.08. The van der Waals surface area contributed by atoms with Gasteiger partial charge in [-0.1, -0.05) is 11.6 Å². The molecule has 0 aliphatic heterocycles. The maximum atomic E-state index is 11.6. The number of hydrogen-bond donors (Lipinski definition) is 0. The molecule has 0 N–H and O–H groups in total. The molecule has 0 unspecified atom stereocenters. The molecule has 16 heavy (non-hydrogen) atoms. The molecule has 1 heterocycles. The molecule has 0 amide bonds. The Balaban J connectivity index is 3.01. The summed E-state index contributed by atoms with van der Waals surface area (Å²) >= 11 is 5.63. The van der Waals surface area contributed by atoms with Crippen molar-refractivity contribution in [3.8, 4) is 0 Å². The molecular weight excluding hydrogens is 297 g/mol. The van der Waals surface area contributed by atoms with Crippen LogP contribution >= 0.6 is 22.3 Å². The number of rotatable bonds is 4. The van der Waals surface area contributed by atoms with Crippen LogP contribution in [0.25, 0.3) is 0 Å². The van der Waals surface area contributed by atoms with E-state index >= 15 is 0 Å². The largest absolute Gasteiger partial charge is 0.243 e. The Morgan fingerprint density at radius 1 is 1.19 bits per heavy atom. The Labute approximate surface area is 103 Å². The molecule has 9 heteroatoms. The van der Waals surface area contributed by atoms with E-state index in [2.05, 4.69) is 4.98 Å². The molecular formula is C7H7Cl2NO4S2. The fraction of sp³-hybridized carbons (Fsp3) is 0.286. The zero-order chi connectivity index (χ0) is 12.4. The van der Waals surface area contributed by atoms with Crippen LogP contribution in [0.5, 0.6) is 0 Å². The third kappa shape index (κ3) is 3.89. The van der Waals surface area contributed by atoms with E-state index in [1.807, 2.05) is 0 Å². The highest BCUT2D eigenvalue weighted by Crippen LogP contribution is 2.19. The second-order valence-corrected chi connectivity index (χ2v) is 8.18. The fourth-order valence-electron chi connectivity index (χ4n) is 0.906. The minimum absolute atomic E-state index is 0.0468. The van der Waals surface area contributed by atoms with Gasteiger partial charge < -0.3 is 0 Å². The topological polar surface area (TPSA) is 81.2 Å². The Kier molecular flexibility index (Phi) is 4.17. The van der Waals surface area contributed by atoms with Crippen molar-refractivity contribution in [2.75, 3.05) is 11.5 Å². The quantitative estimate of drug-likeness (QED) is 0.777. The van der Waals surface area contributed by atoms with E-state index in [0.29, 0.717) is 0 Å². The first kappa shape index (κ1) is 13.7. The average Bonchev–Trinajstić information content (AvgIpc) is 2.14. The molecule has 0 saturated heterocycles. The average molecular weight is 304 g/mol. The third-order valence-electron chi connectivity index (χ3n) is 1.62. The van der Waals surface area contributed by atoms with Gasteiger partial charge in [0.25, 0.3) is 0 Å². The smallest absolute Gasteiger partial charge is 0.233 e. The minimum atomic E-state index is -3.86. The second-order valence-electron chi connectivity index (χ2n) is 2.85. The van der Waals surface area contributed by atoms with Crippen LogP contribution in [0.4, 0.5) is 0 Å². The maximum Gasteiger partial charge on any atom is 0.233 e. The Bertz CT molecular complexity index is 582. The van der Waals surface area contributed by atoms with E-state index in [1.165, 1.54) is 18.3 Å². The molecule has 0 spiro atoms. The van der Waals surface area contributed by atoms with Crippen LogP contribution in [0.2, 0.25) is 5.02 Å². The molecule has 0 fully saturated rings. The molecule has 0 radical (unpaired) electrons. The molecule has 0 aliphatic rings. The van der Waals surface area contributed by atoms with E-state index in [4.69, 9.17) is 22.3 Å². The highest BCUT2D eigenvalue weighted by Gasteiger charge is 2.22. The Hall–Kier alpha value is -0.370. The molecule has 0 bridgehead atoms. The van der Waals surface area contributed by atoms with Crippen molar-refractivity contribution in [3.63, 3.8) is 0 Å². The van der Waals surface area contributed by atoms with E-state index < -0.39 is 30.4 Å². The lowest BCUT2D eigenvalue weighted by Gasteiger charge is -2.03. The maximum absolute atomic E-state index is 11.6. The van der Waals surface area contributed by atoms with Crippen LogP contribution in [0.1, 0.15) is 0 Å². The third-order valence-corrected chi connectivity index (χ3v) is 5.10. The summed E-state index contributed by atoms with van der Waals surface area (Å²) in [5.74, 6) is -1.32. The zero-order valence-corrected chi connectivity index (χ0v) is 10.9. The molecule has 1 aromatic heterocycles. The highest BCUT2D eigenvalue weighted by atomic mass is 35.7. The molecule has 90 valence electrons. The first-order chi connectivity index (χ1) is 7.22. The van der Waals surface area contributed by atoms with Gasteiger partial charge in [-0.05, 0) is 12.1 Å². The predicted molar refractivity (Wildman–Crippen MR) is 60.9 cm³/mol. The molecule has 1 rings (SSSR count). The summed E-state index contributed by atoms with van der Waals surface area (Å²) in [4.78, 5) is 3.59. The van der Waals surface area contributed by atoms with Crippen LogP contribution < -0.4 is 0 Å². The van der Waals surface area contributed by atoms with Crippen molar-refractivity contribution < 1.29 is 16.8 Å². The molecule has 0 aromatic carbocycles. The van der Waals surface area contributed by atoms with Crippen molar-refractivity contribution in [2.45, 2.75) is 5.03 Å². The van der Waals surface area contributed by atoms with Gasteiger partial charge in [-0.2, -0.15) is 0 Å². The number of pyridine rings is 1. The van der Waals surface area contributed by atoms with E-state index in [0.717, 1.165) is 0 Å². The number of aromatic nitrogens is 1. The summed E-state index contributed by atoms with van der Waals surface area (Å²) < 4.78 is 44.5. The Morgan fingerprint density at radius 2 is 1.81 bits per heavy atom. The van der Waals surface area contributed by atoms with Gasteiger partial charge in [0.2, 0.25) is 9.05 Å². The van der Waals surface area contributed by atoms with Crippen molar-refractivity contribution >= 4 is 41.2 Å². The van der Waals surface area contributed by atoms with Crippen LogP contribution in [0.3, 0.4) is 0 Å². The normalized spacial score (nSPS) is 12.6. The van der Waals surface area contributed by atoms with Crippen molar-refractivity contribution in [1.29, 1.82) is 0 Å². The van der Waals surface area contributed by atoms with Gasteiger partial charge >= 0.3 is 0 Å². The van der Waals surface area contributed by atoms with Gasteiger partial charge in [0.1, 0.15) is 0 Å². The highest BCUT2D eigenvalue weighted by molar-refractivity contribution is 8.14. The molecule has 5 nitrogen and oxygen atoms in total. The van der Waals surface area contributed by atoms with Gasteiger partial charge in [-0.25, -0.2) is 21.8 Å². The Morgan fingerprint density at radius 3 is 2.31 bits per heavy atom. The lowest BCUT2D eigenvalue weighted by Crippen LogP contribution is -2.15. The summed E-state index contributed by atoms with van der Waals surface area (Å²) in [5.41, 5.74) is 0. The van der Waals surface area contributed by atoms with Crippen LogP contribution in [-0.2, 0) is 18.9 Å². The fourth-order valence-corrected chi connectivity index (χ4v) is 4.40. The summed E-state index contributed by atoms with van der Waals surface area (Å²) in [6.07, 6.45) is 1.26. The summed E-state index contributed by atoms with van der Waals surface area (Å²) in [7, 11) is -2.77. The monoisotopic (exact) mass is 303 g/mol. The summed E-state index contributed by atoms with van der Waals surface area (Å²) in [6.45, 7) is 0. The second kappa shape index (κ2) is 4.87. The van der Waals surface area contributed by atoms with E-state index in [-0.39, 0.29) is 10.0 Å². The van der Waals surface area contributed by atoms with Gasteiger partial charge in [-0.3, -0.25) is 0 Å². The molecule has 0 saturated carbocycles. The number of sulfone groups is 1. The molecule has 0 aliphatic carbocycles. The van der Waals surface area contributed by atoms with Gasteiger partial charge in [0.15, 0.2) is 14.9 Å². The van der Waals surface area contributed by atoms with E-state index in [9.17, 15) is 16.8 Å². The van der Waals surface area contributed by atoms with E-state index in [1.54, 1.807) is 0 Å². The van der Waals surface area contributed by atoms with Crippen LogP contribution in [0.15, 0.2) is 23.4 Å². The van der Waals surface area contributed by atoms with Crippen molar-refractivity contribution in [3.05, 3.63) is 23.4 Å². The van der Waals surface area contributed by atoms with Crippen molar-refractivity contribution in [2.24, 2.45) is 0 Å². The number of halogens is 2. The number of hydrogen-bond acceptors (Lipinski definition) is 5. The first-order valence-electron chi connectivity index (χ1n) is 3.98. The standard InChI is InChI=1S/C7H7Cl2NO4S2/c8-6-2-1-3-10-7(6)15(11,12)4-5-16(9,13)14/h1-3H,4-5H2. The summed E-state index contributed by atoms with van der Waals surface area (Å²) in [5, 5.41) is -0.383. The van der Waals surface area contributed by atoms with Crippen LogP contribution in [0, 0.1) is 0 Å². The SMILES string of the molecule is O=S(=O)(Cl)CCS(=O)(=O)c1ncccc1Cl. The lowest BCUT2D eigenvalue weighted by molar-refractivity contribution is 0.589. The summed E-state index contributed by atoms with van der Waals surface area (Å²) in [6, 6.07) is 2.83.